The molecule has 0 saturated carbocycles. The molecule has 3 rings (SSSR count). The van der Waals surface area contributed by atoms with E-state index in [0.29, 0.717) is 5.76 Å². The maximum absolute atomic E-state index is 13.1. The number of carbonyl (C=O) groups is 1. The van der Waals surface area contributed by atoms with Crippen LogP contribution >= 0.6 is 0 Å². The molecule has 2 aromatic carbocycles. The normalized spacial score (nSPS) is 12.5. The zero-order valence-corrected chi connectivity index (χ0v) is 15.7. The lowest BCUT2D eigenvalue weighted by Gasteiger charge is -2.18. The van der Waals surface area contributed by atoms with E-state index in [1.165, 1.54) is 6.26 Å². The number of hydrogen-bond donors (Lipinski definition) is 2. The van der Waals surface area contributed by atoms with Crippen LogP contribution < -0.4 is 10.0 Å². The summed E-state index contributed by atoms with van der Waals surface area (Å²) >= 11 is 0. The number of carbonyl (C=O) groups excluding carboxylic acids is 1. The molecule has 146 valence electrons. The van der Waals surface area contributed by atoms with Crippen molar-refractivity contribution in [3.63, 3.8) is 0 Å². The van der Waals surface area contributed by atoms with Gasteiger partial charge in [-0.25, -0.2) is 12.8 Å². The Labute approximate surface area is 162 Å². The molecule has 0 aliphatic rings. The Balaban J connectivity index is 1.78. The monoisotopic (exact) mass is 402 g/mol. The Morgan fingerprint density at radius 2 is 1.71 bits per heavy atom. The highest BCUT2D eigenvalue weighted by Gasteiger charge is 2.26. The molecular formula is C20H19FN2O4S. The topological polar surface area (TPSA) is 88.4 Å². The van der Waals surface area contributed by atoms with Gasteiger partial charge in [-0.3, -0.25) is 4.79 Å². The molecule has 8 heteroatoms. The van der Waals surface area contributed by atoms with E-state index in [4.69, 9.17) is 4.42 Å². The van der Waals surface area contributed by atoms with Crippen LogP contribution in [0, 0.1) is 5.82 Å². The third-order valence-electron chi connectivity index (χ3n) is 4.04. The molecule has 0 spiro atoms. The minimum Gasteiger partial charge on any atom is -0.467 e. The highest BCUT2D eigenvalue weighted by molar-refractivity contribution is 7.89. The first-order valence-electron chi connectivity index (χ1n) is 8.56. The summed E-state index contributed by atoms with van der Waals surface area (Å²) in [6, 6.07) is 15.8. The van der Waals surface area contributed by atoms with Crippen molar-refractivity contribution in [1.29, 1.82) is 0 Å². The summed E-state index contributed by atoms with van der Waals surface area (Å²) in [5.74, 6) is -0.491. The zero-order valence-electron chi connectivity index (χ0n) is 14.8. The highest BCUT2D eigenvalue weighted by Crippen LogP contribution is 2.12. The van der Waals surface area contributed by atoms with Crippen molar-refractivity contribution >= 4 is 15.9 Å². The predicted molar refractivity (Wildman–Crippen MR) is 101 cm³/mol. The first-order chi connectivity index (χ1) is 13.4. The van der Waals surface area contributed by atoms with Crippen LogP contribution in [0.4, 0.5) is 4.39 Å². The van der Waals surface area contributed by atoms with Crippen molar-refractivity contribution in [1.82, 2.24) is 10.0 Å². The first kappa shape index (κ1) is 19.8. The summed E-state index contributed by atoms with van der Waals surface area (Å²) in [5, 5.41) is 2.67. The molecule has 0 radical (unpaired) electrons. The van der Waals surface area contributed by atoms with Crippen molar-refractivity contribution < 1.29 is 22.0 Å². The standard InChI is InChI=1S/C20H19FN2O4S/c21-16-8-10-18(11-9-16)28(25,26)23-19(13-15-5-2-1-3-6-15)20(24)22-14-17-7-4-12-27-17/h1-12,19,23H,13-14H2,(H,22,24)/t19-/m0/s1. The quantitative estimate of drug-likeness (QED) is 0.606. The van der Waals surface area contributed by atoms with Gasteiger partial charge in [0.25, 0.3) is 0 Å². The molecule has 0 saturated heterocycles. The van der Waals surface area contributed by atoms with E-state index in [1.54, 1.807) is 24.3 Å². The van der Waals surface area contributed by atoms with Crippen molar-refractivity contribution in [2.75, 3.05) is 0 Å². The van der Waals surface area contributed by atoms with E-state index in [1.807, 2.05) is 18.2 Å². The largest absolute Gasteiger partial charge is 0.467 e. The minimum absolute atomic E-state index is 0.120. The Bertz CT molecular complexity index is 1000. The van der Waals surface area contributed by atoms with Crippen molar-refractivity contribution in [2.24, 2.45) is 0 Å². The molecule has 0 fully saturated rings. The van der Waals surface area contributed by atoms with Crippen LogP contribution in [0.1, 0.15) is 11.3 Å². The minimum atomic E-state index is -4.01. The molecule has 1 aromatic heterocycles. The second-order valence-electron chi connectivity index (χ2n) is 6.11. The van der Waals surface area contributed by atoms with Gasteiger partial charge in [0.05, 0.1) is 17.7 Å². The second kappa shape index (κ2) is 8.81. The summed E-state index contributed by atoms with van der Waals surface area (Å²) in [4.78, 5) is 12.5. The third-order valence-corrected chi connectivity index (χ3v) is 5.53. The predicted octanol–water partition coefficient (Wildman–Crippen LogP) is 2.62. The van der Waals surface area contributed by atoms with Gasteiger partial charge in [0.2, 0.25) is 15.9 Å². The fraction of sp³-hybridized carbons (Fsp3) is 0.150. The molecule has 1 amide bonds. The maximum Gasteiger partial charge on any atom is 0.241 e. The average molecular weight is 402 g/mol. The van der Waals surface area contributed by atoms with Gasteiger partial charge in [-0.15, -0.1) is 0 Å². The average Bonchev–Trinajstić information content (AvgIpc) is 3.20. The molecule has 3 aromatic rings. The van der Waals surface area contributed by atoms with Crippen LogP contribution in [0.5, 0.6) is 0 Å². The fourth-order valence-corrected chi connectivity index (χ4v) is 3.81. The SMILES string of the molecule is O=C(NCc1ccco1)[C@H](Cc1ccccc1)NS(=O)(=O)c1ccc(F)cc1. The van der Waals surface area contributed by atoms with Gasteiger partial charge in [-0.05, 0) is 48.4 Å². The van der Waals surface area contributed by atoms with Crippen molar-refractivity contribution in [3.8, 4) is 0 Å². The van der Waals surface area contributed by atoms with Crippen molar-refractivity contribution in [2.45, 2.75) is 23.9 Å². The van der Waals surface area contributed by atoms with Gasteiger partial charge in [0, 0.05) is 0 Å². The molecule has 1 atom stereocenters. The fourth-order valence-electron chi connectivity index (χ4n) is 2.62. The molecule has 0 aliphatic heterocycles. The molecule has 2 N–H and O–H groups in total. The van der Waals surface area contributed by atoms with Gasteiger partial charge in [-0.2, -0.15) is 4.72 Å². The van der Waals surface area contributed by atoms with Gasteiger partial charge in [0.1, 0.15) is 17.6 Å². The van der Waals surface area contributed by atoms with E-state index in [9.17, 15) is 17.6 Å². The number of sulfonamides is 1. The molecule has 0 unspecified atom stereocenters. The number of hydrogen-bond acceptors (Lipinski definition) is 4. The molecule has 0 bridgehead atoms. The zero-order chi connectivity index (χ0) is 20.0. The van der Waals surface area contributed by atoms with E-state index < -0.39 is 27.8 Å². The van der Waals surface area contributed by atoms with Gasteiger partial charge < -0.3 is 9.73 Å². The second-order valence-corrected chi connectivity index (χ2v) is 7.83. The smallest absolute Gasteiger partial charge is 0.241 e. The highest BCUT2D eigenvalue weighted by atomic mass is 32.2. The number of furan rings is 1. The van der Waals surface area contributed by atoms with Gasteiger partial charge >= 0.3 is 0 Å². The van der Waals surface area contributed by atoms with Gasteiger partial charge in [0.15, 0.2) is 0 Å². The van der Waals surface area contributed by atoms with Crippen LogP contribution in [0.3, 0.4) is 0 Å². The maximum atomic E-state index is 13.1. The Kier molecular flexibility index (Phi) is 6.23. The van der Waals surface area contributed by atoms with E-state index >= 15 is 0 Å². The Morgan fingerprint density at radius 1 is 1.00 bits per heavy atom. The van der Waals surface area contributed by atoms with Crippen LogP contribution in [0.2, 0.25) is 0 Å². The molecule has 1 heterocycles. The van der Waals surface area contributed by atoms with Crippen LogP contribution in [0.15, 0.2) is 82.3 Å². The number of amides is 1. The summed E-state index contributed by atoms with van der Waals surface area (Å²) in [5.41, 5.74) is 0.794. The lowest BCUT2D eigenvalue weighted by atomic mass is 10.1. The van der Waals surface area contributed by atoms with E-state index in [2.05, 4.69) is 10.0 Å². The molecule has 28 heavy (non-hydrogen) atoms. The lowest BCUT2D eigenvalue weighted by molar-refractivity contribution is -0.122. The van der Waals surface area contributed by atoms with Crippen LogP contribution in [-0.4, -0.2) is 20.4 Å². The number of halogens is 1. The molecule has 0 aliphatic carbocycles. The molecule has 6 nitrogen and oxygen atoms in total. The third kappa shape index (κ3) is 5.28. The Hall–Kier alpha value is -2.97. The summed E-state index contributed by atoms with van der Waals surface area (Å²) < 4.78 is 46.0. The lowest BCUT2D eigenvalue weighted by Crippen LogP contribution is -2.47. The summed E-state index contributed by atoms with van der Waals surface area (Å²) in [7, 11) is -4.01. The number of rotatable bonds is 8. The summed E-state index contributed by atoms with van der Waals surface area (Å²) in [6.45, 7) is 0.134. The van der Waals surface area contributed by atoms with Crippen molar-refractivity contribution in [3.05, 3.63) is 90.1 Å². The van der Waals surface area contributed by atoms with Crippen LogP contribution in [-0.2, 0) is 27.8 Å². The van der Waals surface area contributed by atoms with Gasteiger partial charge in [-0.1, -0.05) is 30.3 Å². The number of benzene rings is 2. The van der Waals surface area contributed by atoms with E-state index in [0.717, 1.165) is 29.8 Å². The summed E-state index contributed by atoms with van der Waals surface area (Å²) in [6.07, 6.45) is 1.64. The van der Waals surface area contributed by atoms with Crippen LogP contribution in [0.25, 0.3) is 0 Å². The van der Waals surface area contributed by atoms with E-state index in [-0.39, 0.29) is 17.9 Å². The Morgan fingerprint density at radius 3 is 2.36 bits per heavy atom. The number of nitrogens with one attached hydrogen (secondary N) is 2. The molecular weight excluding hydrogens is 383 g/mol. The first-order valence-corrected chi connectivity index (χ1v) is 10.0.